The minimum absolute atomic E-state index is 0.0139. The minimum Gasteiger partial charge on any atom is -0.469 e. The van der Waals surface area contributed by atoms with E-state index in [-0.39, 0.29) is 23.4 Å². The predicted molar refractivity (Wildman–Crippen MR) is 90.3 cm³/mol. The largest absolute Gasteiger partial charge is 0.469 e. The number of benzene rings is 1. The monoisotopic (exact) mass is 353 g/mol. The van der Waals surface area contributed by atoms with Crippen molar-refractivity contribution in [1.82, 2.24) is 9.97 Å². The Bertz CT molecular complexity index is 1070. The number of ketones is 1. The van der Waals surface area contributed by atoms with Crippen molar-refractivity contribution < 1.29 is 9.21 Å². The van der Waals surface area contributed by atoms with Crippen LogP contribution < -0.4 is 5.56 Å². The highest BCUT2D eigenvalue weighted by atomic mass is 35.5. The number of nitrogens with zero attached hydrogens (tertiary/aromatic N) is 2. The highest BCUT2D eigenvalue weighted by molar-refractivity contribution is 6.31. The van der Waals surface area contributed by atoms with E-state index >= 15 is 0 Å². The molecule has 2 heterocycles. The van der Waals surface area contributed by atoms with Gasteiger partial charge in [0.05, 0.1) is 23.2 Å². The average molecular weight is 354 g/mol. The van der Waals surface area contributed by atoms with Crippen molar-refractivity contribution in [2.75, 3.05) is 0 Å². The molecule has 0 aliphatic heterocycles. The quantitative estimate of drug-likeness (QED) is 0.776. The second kappa shape index (κ2) is 5.87. The van der Waals surface area contributed by atoms with E-state index in [9.17, 15) is 14.9 Å². The first-order valence-electron chi connectivity index (χ1n) is 7.74. The van der Waals surface area contributed by atoms with Crippen LogP contribution in [0.15, 0.2) is 45.8 Å². The molecule has 25 heavy (non-hydrogen) atoms. The Morgan fingerprint density at radius 2 is 2.28 bits per heavy atom. The summed E-state index contributed by atoms with van der Waals surface area (Å²) in [6.45, 7) is 0. The van der Waals surface area contributed by atoms with E-state index in [0.29, 0.717) is 22.3 Å². The van der Waals surface area contributed by atoms with Crippen LogP contribution >= 0.6 is 11.6 Å². The Hall–Kier alpha value is -2.91. The van der Waals surface area contributed by atoms with Crippen LogP contribution in [0.1, 0.15) is 29.8 Å². The third-order valence-electron chi connectivity index (χ3n) is 4.44. The maximum absolute atomic E-state index is 12.7. The summed E-state index contributed by atoms with van der Waals surface area (Å²) in [6, 6.07) is 10.2. The SMILES string of the molecule is N#C[C@H](C(=O)[C@@H]1C[C@@H]1c1ccco1)c1nc2cc(Cl)ccc2c(=O)[nH]1. The van der Waals surface area contributed by atoms with Gasteiger partial charge in [-0.1, -0.05) is 11.6 Å². The lowest BCUT2D eigenvalue weighted by Crippen LogP contribution is -2.21. The van der Waals surface area contributed by atoms with Gasteiger partial charge in [-0.2, -0.15) is 5.26 Å². The molecule has 3 atom stereocenters. The van der Waals surface area contributed by atoms with Crippen molar-refractivity contribution in [3.63, 3.8) is 0 Å². The van der Waals surface area contributed by atoms with E-state index < -0.39 is 11.5 Å². The zero-order valence-corrected chi connectivity index (χ0v) is 13.7. The molecule has 1 aliphatic carbocycles. The van der Waals surface area contributed by atoms with Gasteiger partial charge in [0, 0.05) is 16.9 Å². The van der Waals surface area contributed by atoms with Crippen LogP contribution in [0.5, 0.6) is 0 Å². The van der Waals surface area contributed by atoms with Gasteiger partial charge in [-0.05, 0) is 36.8 Å². The number of Topliss-reactive ketones (excluding diaryl/α,β-unsaturated/α-hetero) is 1. The lowest BCUT2D eigenvalue weighted by Gasteiger charge is -2.08. The highest BCUT2D eigenvalue weighted by Gasteiger charge is 2.48. The number of carbonyl (C=O) groups excluding carboxylic acids is 1. The number of aromatic nitrogens is 2. The average Bonchev–Trinajstić information content (AvgIpc) is 3.20. The Morgan fingerprint density at radius 1 is 1.44 bits per heavy atom. The number of H-pyrrole nitrogens is 1. The zero-order chi connectivity index (χ0) is 17.6. The highest BCUT2D eigenvalue weighted by Crippen LogP contribution is 2.50. The fourth-order valence-electron chi connectivity index (χ4n) is 3.07. The summed E-state index contributed by atoms with van der Waals surface area (Å²) in [7, 11) is 0. The summed E-state index contributed by atoms with van der Waals surface area (Å²) >= 11 is 5.94. The van der Waals surface area contributed by atoms with E-state index in [4.69, 9.17) is 16.0 Å². The van der Waals surface area contributed by atoms with E-state index in [1.54, 1.807) is 24.5 Å². The number of nitrogens with one attached hydrogen (secondary N) is 1. The molecule has 124 valence electrons. The van der Waals surface area contributed by atoms with Crippen molar-refractivity contribution in [3.8, 4) is 6.07 Å². The molecule has 4 rings (SSSR count). The zero-order valence-electron chi connectivity index (χ0n) is 12.9. The number of furan rings is 1. The van der Waals surface area contributed by atoms with Gasteiger partial charge in [0.1, 0.15) is 11.6 Å². The molecule has 0 spiro atoms. The third-order valence-corrected chi connectivity index (χ3v) is 4.67. The van der Waals surface area contributed by atoms with Gasteiger partial charge < -0.3 is 9.40 Å². The molecule has 1 fully saturated rings. The second-order valence-corrected chi connectivity index (χ2v) is 6.48. The number of hydrogen-bond acceptors (Lipinski definition) is 5. The molecule has 1 N–H and O–H groups in total. The Kier molecular flexibility index (Phi) is 3.66. The number of halogens is 1. The van der Waals surface area contributed by atoms with Crippen molar-refractivity contribution in [2.45, 2.75) is 18.3 Å². The molecule has 1 saturated carbocycles. The standard InChI is InChI=1S/C18H12ClN3O3/c19-9-3-4-10-14(6-9)21-17(22-18(10)24)13(8-20)16(23)12-7-11(12)15-2-1-5-25-15/h1-6,11-13H,7H2,(H,21,22,24)/t11-,12+,13+/m0/s1. The first-order valence-corrected chi connectivity index (χ1v) is 8.12. The van der Waals surface area contributed by atoms with Crippen LogP contribution in [0.4, 0.5) is 0 Å². The van der Waals surface area contributed by atoms with Crippen molar-refractivity contribution in [2.24, 2.45) is 5.92 Å². The molecule has 0 saturated heterocycles. The summed E-state index contributed by atoms with van der Waals surface area (Å²) in [5.41, 5.74) is -0.0409. The smallest absolute Gasteiger partial charge is 0.258 e. The van der Waals surface area contributed by atoms with Crippen LogP contribution in [0, 0.1) is 17.2 Å². The van der Waals surface area contributed by atoms with Crippen molar-refractivity contribution in [1.29, 1.82) is 5.26 Å². The Labute approximate surface area is 147 Å². The molecule has 0 radical (unpaired) electrons. The lowest BCUT2D eigenvalue weighted by molar-refractivity contribution is -0.120. The molecule has 3 aromatic rings. The molecule has 0 bridgehead atoms. The minimum atomic E-state index is -1.12. The van der Waals surface area contributed by atoms with Crippen LogP contribution in [-0.4, -0.2) is 15.8 Å². The number of carbonyl (C=O) groups is 1. The lowest BCUT2D eigenvalue weighted by atomic mass is 9.99. The molecule has 1 aliphatic rings. The first kappa shape index (κ1) is 15.6. The van der Waals surface area contributed by atoms with Gasteiger partial charge in [-0.3, -0.25) is 9.59 Å². The van der Waals surface area contributed by atoms with Gasteiger partial charge >= 0.3 is 0 Å². The van der Waals surface area contributed by atoms with Gasteiger partial charge in [0.15, 0.2) is 11.7 Å². The summed E-state index contributed by atoms with van der Waals surface area (Å²) in [4.78, 5) is 31.8. The number of aromatic amines is 1. The first-order chi connectivity index (χ1) is 12.1. The van der Waals surface area contributed by atoms with Gasteiger partial charge in [-0.25, -0.2) is 4.98 Å². The maximum Gasteiger partial charge on any atom is 0.258 e. The van der Waals surface area contributed by atoms with Crippen molar-refractivity contribution >= 4 is 28.3 Å². The second-order valence-electron chi connectivity index (χ2n) is 6.04. The maximum atomic E-state index is 12.7. The van der Waals surface area contributed by atoms with E-state index in [0.717, 1.165) is 5.76 Å². The van der Waals surface area contributed by atoms with E-state index in [1.165, 1.54) is 6.07 Å². The number of hydrogen-bond donors (Lipinski definition) is 1. The Balaban J connectivity index is 1.68. The molecule has 1 aromatic carbocycles. The summed E-state index contributed by atoms with van der Waals surface area (Å²) in [5, 5.41) is 10.3. The third kappa shape index (κ3) is 2.73. The molecule has 0 unspecified atom stereocenters. The van der Waals surface area contributed by atoms with Crippen LogP contribution in [0.2, 0.25) is 5.02 Å². The van der Waals surface area contributed by atoms with Crippen LogP contribution in [0.3, 0.4) is 0 Å². The molecule has 6 nitrogen and oxygen atoms in total. The fraction of sp³-hybridized carbons (Fsp3) is 0.222. The number of nitriles is 1. The van der Waals surface area contributed by atoms with Gasteiger partial charge in [0.25, 0.3) is 5.56 Å². The molecule has 7 heteroatoms. The Morgan fingerprint density at radius 3 is 3.00 bits per heavy atom. The summed E-state index contributed by atoms with van der Waals surface area (Å²) in [6.07, 6.45) is 2.19. The van der Waals surface area contributed by atoms with Crippen LogP contribution in [-0.2, 0) is 4.79 Å². The molecular weight excluding hydrogens is 342 g/mol. The van der Waals surface area contributed by atoms with Gasteiger partial charge in [0.2, 0.25) is 0 Å². The number of rotatable bonds is 4. The van der Waals surface area contributed by atoms with E-state index in [2.05, 4.69) is 9.97 Å². The normalized spacial score (nSPS) is 20.2. The predicted octanol–water partition coefficient (Wildman–Crippen LogP) is 3.15. The van der Waals surface area contributed by atoms with Gasteiger partial charge in [-0.15, -0.1) is 0 Å². The molecule has 0 amide bonds. The summed E-state index contributed by atoms with van der Waals surface area (Å²) in [5.74, 6) is -0.898. The topological polar surface area (TPSA) is 99.8 Å². The van der Waals surface area contributed by atoms with E-state index in [1.807, 2.05) is 12.1 Å². The molecule has 2 aromatic heterocycles. The fourth-order valence-corrected chi connectivity index (χ4v) is 3.23. The summed E-state index contributed by atoms with van der Waals surface area (Å²) < 4.78 is 5.32. The number of fused-ring (bicyclic) bond motifs is 1. The van der Waals surface area contributed by atoms with Crippen molar-refractivity contribution in [3.05, 3.63) is 63.6 Å². The molecular formula is C18H12ClN3O3. The van der Waals surface area contributed by atoms with Crippen LogP contribution in [0.25, 0.3) is 10.9 Å².